The zero-order valence-corrected chi connectivity index (χ0v) is 19.4. The topological polar surface area (TPSA) is 63.1 Å². The molecule has 2 heterocycles. The highest BCUT2D eigenvalue weighted by atomic mass is 35.5. The Hall–Kier alpha value is -2.06. The van der Waals surface area contributed by atoms with Gasteiger partial charge in [-0.1, -0.05) is 53.2 Å². The van der Waals surface area contributed by atoms with Crippen LogP contribution in [0.5, 0.6) is 0 Å². The molecule has 2 aromatic carbocycles. The third-order valence-corrected chi connectivity index (χ3v) is 6.54. The number of rotatable bonds is 7. The molecule has 1 aromatic heterocycles. The molecule has 1 aliphatic rings. The summed E-state index contributed by atoms with van der Waals surface area (Å²) in [6.45, 7) is 4.73. The molecule has 0 radical (unpaired) electrons. The van der Waals surface area contributed by atoms with E-state index in [0.29, 0.717) is 20.9 Å². The smallest absolute Gasteiger partial charge is 0.237 e. The van der Waals surface area contributed by atoms with Crippen LogP contribution in [0.3, 0.4) is 0 Å². The van der Waals surface area contributed by atoms with E-state index < -0.39 is 5.25 Å². The molecule has 0 aliphatic carbocycles. The highest BCUT2D eigenvalue weighted by molar-refractivity contribution is 8.00. The number of hydrogen-bond acceptors (Lipinski definition) is 5. The first kappa shape index (κ1) is 22.1. The number of thioether (sulfide) groups is 1. The first-order chi connectivity index (χ1) is 15.0. The van der Waals surface area contributed by atoms with Crippen molar-refractivity contribution in [3.63, 3.8) is 0 Å². The van der Waals surface area contributed by atoms with Crippen molar-refractivity contribution in [2.24, 2.45) is 0 Å². The number of amides is 1. The van der Waals surface area contributed by atoms with Gasteiger partial charge < -0.3 is 5.32 Å². The molecule has 1 saturated heterocycles. The molecule has 162 valence electrons. The van der Waals surface area contributed by atoms with Crippen LogP contribution in [0.15, 0.2) is 53.7 Å². The predicted octanol–water partition coefficient (Wildman–Crippen LogP) is 5.29. The molecule has 3 aromatic rings. The van der Waals surface area contributed by atoms with Crippen molar-refractivity contribution in [1.82, 2.24) is 19.7 Å². The van der Waals surface area contributed by atoms with Crippen molar-refractivity contribution in [2.75, 3.05) is 18.4 Å². The summed E-state index contributed by atoms with van der Waals surface area (Å²) in [6.07, 6.45) is 2.43. The van der Waals surface area contributed by atoms with Gasteiger partial charge >= 0.3 is 0 Å². The highest BCUT2D eigenvalue weighted by Gasteiger charge is 2.23. The molecule has 4 rings (SSSR count). The summed E-state index contributed by atoms with van der Waals surface area (Å²) < 4.78 is 2.04. The number of hydrogen-bond donors (Lipinski definition) is 1. The van der Waals surface area contributed by atoms with Crippen LogP contribution in [0.4, 0.5) is 5.69 Å². The second kappa shape index (κ2) is 10.0. The third kappa shape index (κ3) is 5.60. The number of nitrogens with one attached hydrogen (secondary N) is 1. The van der Waals surface area contributed by atoms with Crippen LogP contribution in [0.25, 0.3) is 5.69 Å². The summed E-state index contributed by atoms with van der Waals surface area (Å²) in [4.78, 5) is 15.2. The van der Waals surface area contributed by atoms with Gasteiger partial charge in [-0.05, 0) is 63.2 Å². The molecule has 0 saturated carbocycles. The lowest BCUT2D eigenvalue weighted by Crippen LogP contribution is -2.23. The molecular weight excluding hydrogens is 453 g/mol. The maximum atomic E-state index is 12.8. The Morgan fingerprint density at radius 2 is 1.77 bits per heavy atom. The number of aromatic nitrogens is 3. The maximum Gasteiger partial charge on any atom is 0.237 e. The zero-order valence-electron chi connectivity index (χ0n) is 17.1. The van der Waals surface area contributed by atoms with Crippen molar-refractivity contribution >= 4 is 46.6 Å². The summed E-state index contributed by atoms with van der Waals surface area (Å²) in [5.41, 5.74) is 1.55. The van der Waals surface area contributed by atoms with Crippen LogP contribution in [0.2, 0.25) is 10.0 Å². The van der Waals surface area contributed by atoms with Gasteiger partial charge in [0.05, 0.1) is 11.8 Å². The average Bonchev–Trinajstić information content (AvgIpc) is 3.38. The Labute approximate surface area is 195 Å². The second-order valence-electron chi connectivity index (χ2n) is 7.46. The van der Waals surface area contributed by atoms with Gasteiger partial charge in [-0.25, -0.2) is 0 Å². The van der Waals surface area contributed by atoms with Gasteiger partial charge in [0.25, 0.3) is 0 Å². The van der Waals surface area contributed by atoms with E-state index in [0.717, 1.165) is 31.1 Å². The number of anilines is 1. The average molecular weight is 476 g/mol. The predicted molar refractivity (Wildman–Crippen MR) is 126 cm³/mol. The Bertz CT molecular complexity index is 1030. The van der Waals surface area contributed by atoms with E-state index in [1.165, 1.54) is 24.6 Å². The molecular formula is C22H23Cl2N5OS. The number of para-hydroxylation sites is 1. The fourth-order valence-corrected chi connectivity index (χ4v) is 4.95. The minimum atomic E-state index is -0.399. The van der Waals surface area contributed by atoms with Crippen molar-refractivity contribution < 1.29 is 4.79 Å². The number of halogens is 2. The third-order valence-electron chi connectivity index (χ3n) is 5.06. The lowest BCUT2D eigenvalue weighted by molar-refractivity contribution is -0.115. The fourth-order valence-electron chi connectivity index (χ4n) is 3.54. The Balaban J connectivity index is 1.54. The molecule has 1 unspecified atom stereocenters. The normalized spacial score (nSPS) is 15.2. The Kier molecular flexibility index (Phi) is 7.17. The van der Waals surface area contributed by atoms with Gasteiger partial charge in [0.15, 0.2) is 11.0 Å². The molecule has 1 aliphatic heterocycles. The van der Waals surface area contributed by atoms with E-state index in [-0.39, 0.29) is 5.91 Å². The zero-order chi connectivity index (χ0) is 21.8. The Morgan fingerprint density at radius 1 is 1.10 bits per heavy atom. The Morgan fingerprint density at radius 3 is 2.45 bits per heavy atom. The minimum absolute atomic E-state index is 0.160. The van der Waals surface area contributed by atoms with Crippen LogP contribution in [-0.2, 0) is 11.3 Å². The number of benzene rings is 2. The quantitative estimate of drug-likeness (QED) is 0.470. The van der Waals surface area contributed by atoms with E-state index in [1.54, 1.807) is 18.2 Å². The van der Waals surface area contributed by atoms with Gasteiger partial charge in [0.2, 0.25) is 5.91 Å². The summed E-state index contributed by atoms with van der Waals surface area (Å²) >= 11 is 13.4. The molecule has 31 heavy (non-hydrogen) atoms. The molecule has 0 spiro atoms. The van der Waals surface area contributed by atoms with Crippen molar-refractivity contribution in [1.29, 1.82) is 0 Å². The second-order valence-corrected chi connectivity index (χ2v) is 9.64. The van der Waals surface area contributed by atoms with Crippen LogP contribution in [0, 0.1) is 0 Å². The van der Waals surface area contributed by atoms with E-state index in [2.05, 4.69) is 20.4 Å². The van der Waals surface area contributed by atoms with E-state index >= 15 is 0 Å². The van der Waals surface area contributed by atoms with Gasteiger partial charge in [0.1, 0.15) is 0 Å². The number of carbonyl (C=O) groups excluding carboxylic acids is 1. The van der Waals surface area contributed by atoms with Gasteiger partial charge in [-0.3, -0.25) is 14.3 Å². The van der Waals surface area contributed by atoms with Crippen molar-refractivity contribution in [2.45, 2.75) is 36.7 Å². The molecule has 0 bridgehead atoms. The number of carbonyl (C=O) groups is 1. The SMILES string of the molecule is CC(Sc1nnc(CN2CCCC2)n1-c1ccccc1)C(=O)Nc1cc(Cl)cc(Cl)c1. The van der Waals surface area contributed by atoms with Crippen LogP contribution < -0.4 is 5.32 Å². The van der Waals surface area contributed by atoms with Crippen molar-refractivity contribution in [3.05, 3.63) is 64.4 Å². The molecule has 1 atom stereocenters. The maximum absolute atomic E-state index is 12.8. The van der Waals surface area contributed by atoms with Gasteiger partial charge in [-0.2, -0.15) is 0 Å². The van der Waals surface area contributed by atoms with Crippen LogP contribution in [-0.4, -0.2) is 43.9 Å². The first-order valence-corrected chi connectivity index (χ1v) is 11.8. The monoisotopic (exact) mass is 475 g/mol. The number of nitrogens with zero attached hydrogens (tertiary/aromatic N) is 4. The van der Waals surface area contributed by atoms with Crippen LogP contribution >= 0.6 is 35.0 Å². The summed E-state index contributed by atoms with van der Waals surface area (Å²) in [7, 11) is 0. The standard InChI is InChI=1S/C22H23Cl2N5OS/c1-15(21(30)25-18-12-16(23)11-17(24)13-18)31-22-27-26-20(14-28-9-5-6-10-28)29(22)19-7-3-2-4-8-19/h2-4,7-8,11-13,15H,5-6,9-10,14H2,1H3,(H,25,30). The minimum Gasteiger partial charge on any atom is -0.325 e. The van der Waals surface area contributed by atoms with Crippen LogP contribution in [0.1, 0.15) is 25.6 Å². The van der Waals surface area contributed by atoms with Gasteiger partial charge in [-0.15, -0.1) is 10.2 Å². The largest absolute Gasteiger partial charge is 0.325 e. The summed E-state index contributed by atoms with van der Waals surface area (Å²) in [5, 5.41) is 13.0. The number of likely N-dealkylation sites (tertiary alicyclic amines) is 1. The fraction of sp³-hybridized carbons (Fsp3) is 0.318. The lowest BCUT2D eigenvalue weighted by Gasteiger charge is -2.17. The molecule has 9 heteroatoms. The van der Waals surface area contributed by atoms with E-state index in [9.17, 15) is 4.79 Å². The highest BCUT2D eigenvalue weighted by Crippen LogP contribution is 2.28. The molecule has 1 N–H and O–H groups in total. The van der Waals surface area contributed by atoms with E-state index in [4.69, 9.17) is 23.2 Å². The summed E-state index contributed by atoms with van der Waals surface area (Å²) in [6, 6.07) is 15.0. The van der Waals surface area contributed by atoms with E-state index in [1.807, 2.05) is 41.8 Å². The van der Waals surface area contributed by atoms with Gasteiger partial charge in [0, 0.05) is 21.4 Å². The van der Waals surface area contributed by atoms with Crippen molar-refractivity contribution in [3.8, 4) is 5.69 Å². The molecule has 1 fully saturated rings. The first-order valence-electron chi connectivity index (χ1n) is 10.2. The molecule has 6 nitrogen and oxygen atoms in total. The summed E-state index contributed by atoms with van der Waals surface area (Å²) in [5.74, 6) is 0.719. The molecule has 1 amide bonds. The lowest BCUT2D eigenvalue weighted by atomic mass is 10.3.